The first-order chi connectivity index (χ1) is 10.4. The molecule has 8 heteroatoms. The molecule has 0 spiro atoms. The van der Waals surface area contributed by atoms with Crippen LogP contribution in [0.15, 0.2) is 21.9 Å². The van der Waals surface area contributed by atoms with Crippen molar-refractivity contribution >= 4 is 5.91 Å². The number of carbonyl (C=O) groups excluding carboxylic acids is 1. The molecular formula is C14H22N4O4. The maximum absolute atomic E-state index is 12.2. The van der Waals surface area contributed by atoms with E-state index in [0.29, 0.717) is 6.54 Å². The topological polar surface area (TPSA) is 87.6 Å². The van der Waals surface area contributed by atoms with Crippen molar-refractivity contribution in [2.45, 2.75) is 25.1 Å². The normalized spacial score (nSPS) is 22.0. The van der Waals surface area contributed by atoms with E-state index in [1.807, 2.05) is 7.05 Å². The first kappa shape index (κ1) is 16.4. The molecule has 0 aromatic carbocycles. The van der Waals surface area contributed by atoms with Crippen molar-refractivity contribution in [3.05, 3.63) is 33.1 Å². The SMILES string of the molecule is CO[C@H]1C[C@@H](CN(C)C(=O)Cn2ccc(=O)[nH]c2=O)N(C)C1. The van der Waals surface area contributed by atoms with Crippen LogP contribution in [-0.2, 0) is 16.1 Å². The third-order valence-electron chi connectivity index (χ3n) is 4.10. The van der Waals surface area contributed by atoms with Gasteiger partial charge < -0.3 is 9.64 Å². The maximum Gasteiger partial charge on any atom is 0.328 e. The quantitative estimate of drug-likeness (QED) is 0.731. The lowest BCUT2D eigenvalue weighted by molar-refractivity contribution is -0.131. The van der Waals surface area contributed by atoms with Gasteiger partial charge in [0.1, 0.15) is 6.54 Å². The Balaban J connectivity index is 1.95. The largest absolute Gasteiger partial charge is 0.380 e. The zero-order valence-corrected chi connectivity index (χ0v) is 13.1. The predicted octanol–water partition coefficient (Wildman–Crippen LogP) is -1.29. The smallest absolute Gasteiger partial charge is 0.328 e. The fourth-order valence-corrected chi connectivity index (χ4v) is 2.67. The van der Waals surface area contributed by atoms with Crippen molar-refractivity contribution < 1.29 is 9.53 Å². The summed E-state index contributed by atoms with van der Waals surface area (Å²) in [4.78, 5) is 40.7. The molecule has 0 unspecified atom stereocenters. The standard InChI is InChI=1S/C14H22N4O4/c1-16-8-11(22-3)6-10(16)7-17(2)13(20)9-18-5-4-12(19)15-14(18)21/h4-5,10-11H,6-9H2,1-3H3,(H,15,19,21)/t10-,11-/m0/s1. The lowest BCUT2D eigenvalue weighted by Crippen LogP contribution is -2.42. The molecule has 2 rings (SSSR count). The highest BCUT2D eigenvalue weighted by Crippen LogP contribution is 2.18. The maximum atomic E-state index is 12.2. The Bertz CT molecular complexity index is 638. The minimum absolute atomic E-state index is 0.0870. The zero-order valence-electron chi connectivity index (χ0n) is 13.1. The van der Waals surface area contributed by atoms with Gasteiger partial charge in [-0.05, 0) is 13.5 Å². The second-order valence-corrected chi connectivity index (χ2v) is 5.70. The lowest BCUT2D eigenvalue weighted by atomic mass is 10.2. The molecule has 0 bridgehead atoms. The minimum atomic E-state index is -0.577. The van der Waals surface area contributed by atoms with Crippen molar-refractivity contribution in [3.8, 4) is 0 Å². The van der Waals surface area contributed by atoms with E-state index in [9.17, 15) is 14.4 Å². The summed E-state index contributed by atoms with van der Waals surface area (Å²) in [6.45, 7) is 1.34. The van der Waals surface area contributed by atoms with E-state index in [1.165, 1.54) is 16.8 Å². The Kier molecular flexibility index (Phi) is 5.15. The van der Waals surface area contributed by atoms with Gasteiger partial charge in [0.2, 0.25) is 5.91 Å². The molecule has 1 aromatic heterocycles. The molecule has 0 radical (unpaired) electrons. The molecule has 1 fully saturated rings. The molecule has 22 heavy (non-hydrogen) atoms. The summed E-state index contributed by atoms with van der Waals surface area (Å²) in [5.74, 6) is -0.177. The van der Waals surface area contributed by atoms with E-state index in [1.54, 1.807) is 19.1 Å². The summed E-state index contributed by atoms with van der Waals surface area (Å²) in [6.07, 6.45) is 2.40. The van der Waals surface area contributed by atoms with Crippen LogP contribution in [0, 0.1) is 0 Å². The third-order valence-corrected chi connectivity index (χ3v) is 4.10. The van der Waals surface area contributed by atoms with Crippen molar-refractivity contribution in [2.24, 2.45) is 0 Å². The highest BCUT2D eigenvalue weighted by Gasteiger charge is 2.30. The Labute approximate surface area is 128 Å². The number of nitrogens with zero attached hydrogens (tertiary/aromatic N) is 3. The minimum Gasteiger partial charge on any atom is -0.380 e. The first-order valence-electron chi connectivity index (χ1n) is 7.17. The molecule has 8 nitrogen and oxygen atoms in total. The summed E-state index contributed by atoms with van der Waals surface area (Å²) < 4.78 is 6.54. The number of H-pyrrole nitrogens is 1. The van der Waals surface area contributed by atoms with Gasteiger partial charge in [-0.25, -0.2) is 4.79 Å². The molecule has 1 amide bonds. The molecule has 1 aromatic rings. The number of rotatable bonds is 5. The number of aromatic amines is 1. The molecule has 1 aliphatic heterocycles. The number of amides is 1. The van der Waals surface area contributed by atoms with Gasteiger partial charge in [0, 0.05) is 45.6 Å². The molecular weight excluding hydrogens is 288 g/mol. The van der Waals surface area contributed by atoms with E-state index in [0.717, 1.165) is 13.0 Å². The number of ether oxygens (including phenoxy) is 1. The Morgan fingerprint density at radius 3 is 2.82 bits per heavy atom. The molecule has 2 heterocycles. The molecule has 1 saturated heterocycles. The highest BCUT2D eigenvalue weighted by molar-refractivity contribution is 5.75. The number of carbonyl (C=O) groups is 1. The third kappa shape index (κ3) is 3.83. The molecule has 2 atom stereocenters. The second kappa shape index (κ2) is 6.89. The summed E-state index contributed by atoms with van der Waals surface area (Å²) in [5, 5.41) is 0. The summed E-state index contributed by atoms with van der Waals surface area (Å²) in [6, 6.07) is 1.47. The molecule has 0 aliphatic carbocycles. The number of aromatic nitrogens is 2. The van der Waals surface area contributed by atoms with Crippen LogP contribution in [0.4, 0.5) is 0 Å². The lowest BCUT2D eigenvalue weighted by Gasteiger charge is -2.25. The number of likely N-dealkylation sites (N-methyl/N-ethyl adjacent to an activating group) is 2. The number of hydrogen-bond acceptors (Lipinski definition) is 5. The summed E-state index contributed by atoms with van der Waals surface area (Å²) >= 11 is 0. The highest BCUT2D eigenvalue weighted by atomic mass is 16.5. The summed E-state index contributed by atoms with van der Waals surface area (Å²) in [7, 11) is 5.42. The average molecular weight is 310 g/mol. The number of methoxy groups -OCH3 is 1. The van der Waals surface area contributed by atoms with E-state index in [2.05, 4.69) is 9.88 Å². The van der Waals surface area contributed by atoms with Gasteiger partial charge in [-0.15, -0.1) is 0 Å². The van der Waals surface area contributed by atoms with E-state index in [4.69, 9.17) is 4.74 Å². The Morgan fingerprint density at radius 2 is 2.23 bits per heavy atom. The Morgan fingerprint density at radius 1 is 1.50 bits per heavy atom. The van der Waals surface area contributed by atoms with Crippen molar-refractivity contribution in [2.75, 3.05) is 34.3 Å². The van der Waals surface area contributed by atoms with Crippen LogP contribution in [0.2, 0.25) is 0 Å². The van der Waals surface area contributed by atoms with E-state index < -0.39 is 11.2 Å². The van der Waals surface area contributed by atoms with Gasteiger partial charge in [-0.2, -0.15) is 0 Å². The molecule has 1 aliphatic rings. The molecule has 0 saturated carbocycles. The van der Waals surface area contributed by atoms with Crippen molar-refractivity contribution in [1.82, 2.24) is 19.4 Å². The van der Waals surface area contributed by atoms with Crippen LogP contribution in [0.1, 0.15) is 6.42 Å². The van der Waals surface area contributed by atoms with Gasteiger partial charge in [-0.3, -0.25) is 24.0 Å². The summed E-state index contributed by atoms with van der Waals surface area (Å²) in [5.41, 5.74) is -1.05. The second-order valence-electron chi connectivity index (χ2n) is 5.70. The van der Waals surface area contributed by atoms with Crippen LogP contribution >= 0.6 is 0 Å². The van der Waals surface area contributed by atoms with Gasteiger partial charge >= 0.3 is 5.69 Å². The van der Waals surface area contributed by atoms with E-state index >= 15 is 0 Å². The van der Waals surface area contributed by atoms with Crippen molar-refractivity contribution in [1.29, 1.82) is 0 Å². The Hall–Kier alpha value is -1.93. The van der Waals surface area contributed by atoms with Crippen LogP contribution in [0.3, 0.4) is 0 Å². The number of nitrogens with one attached hydrogen (secondary N) is 1. The number of hydrogen-bond donors (Lipinski definition) is 1. The van der Waals surface area contributed by atoms with E-state index in [-0.39, 0.29) is 24.6 Å². The monoisotopic (exact) mass is 310 g/mol. The van der Waals surface area contributed by atoms with Crippen LogP contribution in [0.5, 0.6) is 0 Å². The van der Waals surface area contributed by atoms with Gasteiger partial charge in [-0.1, -0.05) is 0 Å². The van der Waals surface area contributed by atoms with Crippen LogP contribution in [0.25, 0.3) is 0 Å². The molecule has 122 valence electrons. The predicted molar refractivity (Wildman–Crippen MR) is 80.8 cm³/mol. The fourth-order valence-electron chi connectivity index (χ4n) is 2.67. The van der Waals surface area contributed by atoms with Crippen LogP contribution in [-0.4, -0.2) is 71.7 Å². The van der Waals surface area contributed by atoms with Crippen molar-refractivity contribution in [3.63, 3.8) is 0 Å². The molecule has 1 N–H and O–H groups in total. The first-order valence-corrected chi connectivity index (χ1v) is 7.17. The zero-order chi connectivity index (χ0) is 16.3. The van der Waals surface area contributed by atoms with Gasteiger partial charge in [0.15, 0.2) is 0 Å². The van der Waals surface area contributed by atoms with Crippen LogP contribution < -0.4 is 11.2 Å². The average Bonchev–Trinajstić information content (AvgIpc) is 2.82. The van der Waals surface area contributed by atoms with Gasteiger partial charge in [0.05, 0.1) is 6.10 Å². The number of likely N-dealkylation sites (tertiary alicyclic amines) is 1. The van der Waals surface area contributed by atoms with Gasteiger partial charge in [0.25, 0.3) is 5.56 Å². The fraction of sp³-hybridized carbons (Fsp3) is 0.643.